The van der Waals surface area contributed by atoms with Gasteiger partial charge in [0.15, 0.2) is 11.5 Å². The van der Waals surface area contributed by atoms with Gasteiger partial charge in [-0.05, 0) is 49.3 Å². The summed E-state index contributed by atoms with van der Waals surface area (Å²) in [4.78, 5) is 47.6. The van der Waals surface area contributed by atoms with Gasteiger partial charge in [-0.1, -0.05) is 60.6 Å². The fourth-order valence-electron chi connectivity index (χ4n) is 3.06. The summed E-state index contributed by atoms with van der Waals surface area (Å²) in [6.07, 6.45) is 7.22. The van der Waals surface area contributed by atoms with Gasteiger partial charge in [0.2, 0.25) is 17.7 Å². The number of hydrogen-bond donors (Lipinski definition) is 4. The number of rotatable bonds is 18. The van der Waals surface area contributed by atoms with Crippen molar-refractivity contribution in [3.63, 3.8) is 0 Å². The van der Waals surface area contributed by atoms with Gasteiger partial charge in [0.25, 0.3) is 0 Å². The third-order valence-electron chi connectivity index (χ3n) is 5.19. The first-order valence-corrected chi connectivity index (χ1v) is 14.8. The van der Waals surface area contributed by atoms with E-state index in [9.17, 15) is 19.2 Å². The van der Waals surface area contributed by atoms with E-state index >= 15 is 0 Å². The van der Waals surface area contributed by atoms with Gasteiger partial charge in [-0.3, -0.25) is 14.4 Å². The van der Waals surface area contributed by atoms with Crippen LogP contribution in [0.25, 0.3) is 0 Å². The molecular weight excluding hydrogens is 528 g/mol. The Kier molecular flexibility index (Phi) is 16.1. The number of hydrogen-bond acceptors (Lipinski definition) is 8. The van der Waals surface area contributed by atoms with Gasteiger partial charge in [-0.2, -0.15) is 0 Å². The number of benzene rings is 1. The van der Waals surface area contributed by atoms with Crippen molar-refractivity contribution < 1.29 is 28.7 Å². The van der Waals surface area contributed by atoms with Gasteiger partial charge < -0.3 is 31.6 Å². The summed E-state index contributed by atoms with van der Waals surface area (Å²) >= 11 is 0. The normalized spacial score (nSPS) is 12.7. The van der Waals surface area contributed by atoms with Crippen LogP contribution in [0, 0.1) is 5.92 Å². The van der Waals surface area contributed by atoms with Crippen molar-refractivity contribution in [1.29, 1.82) is 0 Å². The van der Waals surface area contributed by atoms with Gasteiger partial charge in [0.05, 0.1) is 12.4 Å². The number of carbonyl (C=O) groups excluding carboxylic acids is 4. The van der Waals surface area contributed by atoms with Crippen LogP contribution in [0.15, 0.2) is 30.4 Å². The van der Waals surface area contributed by atoms with Crippen molar-refractivity contribution in [1.82, 2.24) is 10.6 Å². The maximum Gasteiger partial charge on any atom is 0.412 e. The van der Waals surface area contributed by atoms with Crippen LogP contribution in [0.4, 0.5) is 4.79 Å². The number of nitrogens with two attached hydrogens (primary N) is 2. The van der Waals surface area contributed by atoms with E-state index in [1.54, 1.807) is 25.1 Å². The predicted octanol–water partition coefficient (Wildman–Crippen LogP) is 3.67. The number of primary amides is 2. The largest absolute Gasteiger partial charge is 0.493 e. The van der Waals surface area contributed by atoms with E-state index in [1.165, 1.54) is 7.11 Å². The highest BCUT2D eigenvalue weighted by Crippen LogP contribution is 2.32. The molecule has 4 amide bonds. The average molecular weight is 569 g/mol. The van der Waals surface area contributed by atoms with Gasteiger partial charge in [0, 0.05) is 19.5 Å². The molecule has 212 valence electrons. The molecule has 0 bridgehead atoms. The van der Waals surface area contributed by atoms with Crippen molar-refractivity contribution in [3.8, 4) is 11.5 Å². The number of carbonyl (C=O) groups is 4. The number of unbranched alkanes of at least 4 members (excludes halogenated alkanes) is 2. The lowest BCUT2D eigenvalue weighted by atomic mass is 10.1. The zero-order valence-corrected chi connectivity index (χ0v) is 24.1. The van der Waals surface area contributed by atoms with E-state index in [0.717, 1.165) is 46.4 Å². The van der Waals surface area contributed by atoms with Crippen LogP contribution >= 0.6 is 21.6 Å². The molecule has 2 atom stereocenters. The second-order valence-electron chi connectivity index (χ2n) is 8.83. The van der Waals surface area contributed by atoms with Crippen molar-refractivity contribution >= 4 is 45.4 Å². The highest BCUT2D eigenvalue weighted by atomic mass is 33.1. The van der Waals surface area contributed by atoms with Gasteiger partial charge in [-0.15, -0.1) is 0 Å². The Hall–Kier alpha value is -2.86. The standard InChI is InChI=1S/C26H40N4O6S2/c1-5-21(24(27)32)37-38-22(25(28)33)16-30-26(34)36-19-13-12-18(14-20(19)35-4)15-29-23(31)11-9-7-6-8-10-17(2)3/h8,10,12-14,17,21-22H,5-7,9,11,15-16H2,1-4H3,(H2,27,32)(H2,28,33)(H,29,31)(H,30,34)/b10-8+. The maximum absolute atomic E-state index is 12.3. The zero-order chi connectivity index (χ0) is 28.5. The second kappa shape index (κ2) is 18.4. The van der Waals surface area contributed by atoms with Gasteiger partial charge in [-0.25, -0.2) is 4.79 Å². The lowest BCUT2D eigenvalue weighted by Gasteiger charge is -2.16. The third-order valence-corrected chi connectivity index (χ3v) is 8.46. The van der Waals surface area contributed by atoms with Crippen molar-refractivity contribution in [2.45, 2.75) is 69.9 Å². The molecule has 0 saturated heterocycles. The van der Waals surface area contributed by atoms with Crippen molar-refractivity contribution in [2.24, 2.45) is 17.4 Å². The third kappa shape index (κ3) is 13.6. The van der Waals surface area contributed by atoms with Crippen LogP contribution in [-0.2, 0) is 20.9 Å². The molecule has 38 heavy (non-hydrogen) atoms. The van der Waals surface area contributed by atoms with E-state index in [-0.39, 0.29) is 18.2 Å². The molecule has 1 aromatic carbocycles. The lowest BCUT2D eigenvalue weighted by Crippen LogP contribution is -2.39. The molecule has 0 aliphatic carbocycles. The SMILES string of the molecule is CCC(SSC(CNC(=O)Oc1ccc(CNC(=O)CCCC/C=C/C(C)C)cc1OC)C(N)=O)C(N)=O. The molecule has 0 saturated carbocycles. The van der Waals surface area contributed by atoms with Crippen molar-refractivity contribution in [3.05, 3.63) is 35.9 Å². The molecule has 2 unspecified atom stereocenters. The Balaban J connectivity index is 2.54. The number of nitrogens with one attached hydrogen (secondary N) is 2. The van der Waals surface area contributed by atoms with Crippen LogP contribution < -0.4 is 31.6 Å². The number of ether oxygens (including phenoxy) is 2. The molecule has 0 fully saturated rings. The van der Waals surface area contributed by atoms with Crippen LogP contribution in [0.5, 0.6) is 11.5 Å². The fraction of sp³-hybridized carbons (Fsp3) is 0.538. The Labute approximate surface area is 232 Å². The van der Waals surface area contributed by atoms with Gasteiger partial charge in [0.1, 0.15) is 5.25 Å². The van der Waals surface area contributed by atoms with E-state index in [1.807, 2.05) is 0 Å². The Morgan fingerprint density at radius 2 is 1.68 bits per heavy atom. The van der Waals surface area contributed by atoms with E-state index in [2.05, 4.69) is 36.6 Å². The second-order valence-corrected chi connectivity index (χ2v) is 11.5. The summed E-state index contributed by atoms with van der Waals surface area (Å²) in [5, 5.41) is 4.12. The molecular formula is C26H40N4O6S2. The number of methoxy groups -OCH3 is 1. The first-order valence-electron chi connectivity index (χ1n) is 12.5. The Morgan fingerprint density at radius 3 is 2.29 bits per heavy atom. The monoisotopic (exact) mass is 568 g/mol. The zero-order valence-electron chi connectivity index (χ0n) is 22.5. The molecule has 12 heteroatoms. The minimum atomic E-state index is -0.800. The van der Waals surface area contributed by atoms with E-state index < -0.39 is 28.4 Å². The van der Waals surface area contributed by atoms with Crippen LogP contribution in [0.3, 0.4) is 0 Å². The summed E-state index contributed by atoms with van der Waals surface area (Å²) < 4.78 is 10.6. The molecule has 0 heterocycles. The predicted molar refractivity (Wildman–Crippen MR) is 153 cm³/mol. The summed E-state index contributed by atoms with van der Waals surface area (Å²) in [5.41, 5.74) is 11.5. The number of amides is 4. The summed E-state index contributed by atoms with van der Waals surface area (Å²) in [6, 6.07) is 4.96. The quantitative estimate of drug-likeness (QED) is 0.118. The Bertz CT molecular complexity index is 958. The van der Waals surface area contributed by atoms with Gasteiger partial charge >= 0.3 is 6.09 Å². The molecule has 0 radical (unpaired) electrons. The Morgan fingerprint density at radius 1 is 1.00 bits per heavy atom. The summed E-state index contributed by atoms with van der Waals surface area (Å²) in [6.45, 7) is 6.28. The molecule has 1 rings (SSSR count). The maximum atomic E-state index is 12.3. The lowest BCUT2D eigenvalue weighted by molar-refractivity contribution is -0.121. The average Bonchev–Trinajstić information content (AvgIpc) is 2.86. The molecule has 6 N–H and O–H groups in total. The highest BCUT2D eigenvalue weighted by molar-refractivity contribution is 8.77. The van der Waals surface area contributed by atoms with Crippen LogP contribution in [0.2, 0.25) is 0 Å². The van der Waals surface area contributed by atoms with E-state index in [0.29, 0.717) is 31.1 Å². The van der Waals surface area contributed by atoms with E-state index in [4.69, 9.17) is 20.9 Å². The molecule has 1 aromatic rings. The molecule has 0 aromatic heterocycles. The minimum absolute atomic E-state index is 0.0300. The minimum Gasteiger partial charge on any atom is -0.493 e. The molecule has 0 spiro atoms. The smallest absolute Gasteiger partial charge is 0.412 e. The summed E-state index contributed by atoms with van der Waals surface area (Å²) in [7, 11) is 3.66. The number of allylic oxidation sites excluding steroid dienone is 2. The highest BCUT2D eigenvalue weighted by Gasteiger charge is 2.23. The van der Waals surface area contributed by atoms with Crippen LogP contribution in [0.1, 0.15) is 58.4 Å². The molecule has 10 nitrogen and oxygen atoms in total. The fourth-order valence-corrected chi connectivity index (χ4v) is 5.79. The molecule has 0 aliphatic rings. The van der Waals surface area contributed by atoms with Crippen molar-refractivity contribution in [2.75, 3.05) is 13.7 Å². The summed E-state index contributed by atoms with van der Waals surface area (Å²) in [5.74, 6) is -0.139. The first kappa shape index (κ1) is 33.2. The van der Waals surface area contributed by atoms with Crippen LogP contribution in [-0.4, -0.2) is 48.0 Å². The topological polar surface area (TPSA) is 163 Å². The first-order chi connectivity index (χ1) is 18.1. The molecule has 0 aliphatic heterocycles.